The zero-order chi connectivity index (χ0) is 5.86. The minimum atomic E-state index is 0. The Morgan fingerprint density at radius 2 is 1.67 bits per heavy atom. The molecule has 0 N–H and O–H groups in total. The average Bonchev–Trinajstić information content (AvgIpc) is 1.65. The van der Waals surface area contributed by atoms with Gasteiger partial charge in [0.15, 0.2) is 0 Å². The van der Waals surface area contributed by atoms with Gasteiger partial charge in [0.05, 0.1) is 0 Å². The lowest BCUT2D eigenvalue weighted by Gasteiger charge is -2.05. The molecule has 0 saturated carbocycles. The SMILES string of the molecule is CCC(=O)N(C)C.Cl.Cl. The number of carbonyl (C=O) groups excluding carboxylic acids is 1. The molecule has 0 fully saturated rings. The Morgan fingerprint density at radius 1 is 1.33 bits per heavy atom. The lowest BCUT2D eigenvalue weighted by Crippen LogP contribution is -2.19. The van der Waals surface area contributed by atoms with Crippen LogP contribution in [0.25, 0.3) is 0 Å². The van der Waals surface area contributed by atoms with E-state index in [2.05, 4.69) is 0 Å². The maximum absolute atomic E-state index is 10.4. The van der Waals surface area contributed by atoms with Gasteiger partial charge in [0, 0.05) is 20.5 Å². The number of hydrogen-bond acceptors (Lipinski definition) is 1. The van der Waals surface area contributed by atoms with Gasteiger partial charge in [0.1, 0.15) is 0 Å². The molecule has 0 aromatic carbocycles. The van der Waals surface area contributed by atoms with Crippen molar-refractivity contribution in [2.45, 2.75) is 13.3 Å². The van der Waals surface area contributed by atoms with Crippen molar-refractivity contribution in [2.75, 3.05) is 14.1 Å². The molecule has 4 heteroatoms. The molecule has 0 radical (unpaired) electrons. The van der Waals surface area contributed by atoms with Crippen LogP contribution in [0.3, 0.4) is 0 Å². The summed E-state index contributed by atoms with van der Waals surface area (Å²) in [5, 5.41) is 0. The molecule has 0 spiro atoms. The topological polar surface area (TPSA) is 20.3 Å². The second-order valence-corrected chi connectivity index (χ2v) is 1.64. The minimum Gasteiger partial charge on any atom is -0.349 e. The highest BCUT2D eigenvalue weighted by molar-refractivity contribution is 5.85. The Labute approximate surface area is 68.4 Å². The zero-order valence-corrected chi connectivity index (χ0v) is 7.51. The third-order valence-electron chi connectivity index (χ3n) is 0.801. The van der Waals surface area contributed by atoms with Crippen molar-refractivity contribution in [3.05, 3.63) is 0 Å². The van der Waals surface area contributed by atoms with Gasteiger partial charge < -0.3 is 4.90 Å². The van der Waals surface area contributed by atoms with Crippen molar-refractivity contribution in [3.8, 4) is 0 Å². The van der Waals surface area contributed by atoms with E-state index in [0.29, 0.717) is 6.42 Å². The van der Waals surface area contributed by atoms with Crippen molar-refractivity contribution in [1.82, 2.24) is 4.90 Å². The summed E-state index contributed by atoms with van der Waals surface area (Å²) in [4.78, 5) is 12.0. The fourth-order valence-corrected chi connectivity index (χ4v) is 0.316. The summed E-state index contributed by atoms with van der Waals surface area (Å²) in [5.74, 6) is 0.181. The van der Waals surface area contributed by atoms with Crippen LogP contribution >= 0.6 is 24.8 Å². The Bertz CT molecular complexity index is 75.4. The highest BCUT2D eigenvalue weighted by Gasteiger charge is 1.95. The molecule has 0 bridgehead atoms. The number of hydrogen-bond donors (Lipinski definition) is 0. The number of nitrogens with zero attached hydrogens (tertiary/aromatic N) is 1. The van der Waals surface area contributed by atoms with Crippen LogP contribution in [0.4, 0.5) is 0 Å². The van der Waals surface area contributed by atoms with Crippen LogP contribution in [0.2, 0.25) is 0 Å². The molecule has 1 amide bonds. The summed E-state index contributed by atoms with van der Waals surface area (Å²) < 4.78 is 0. The largest absolute Gasteiger partial charge is 0.349 e. The Morgan fingerprint density at radius 3 is 1.67 bits per heavy atom. The van der Waals surface area contributed by atoms with Crippen molar-refractivity contribution in [3.63, 3.8) is 0 Å². The average molecular weight is 174 g/mol. The first-order valence-electron chi connectivity index (χ1n) is 2.38. The van der Waals surface area contributed by atoms with Crippen molar-refractivity contribution in [2.24, 2.45) is 0 Å². The molecule has 9 heavy (non-hydrogen) atoms. The lowest BCUT2D eigenvalue weighted by atomic mass is 10.4. The van der Waals surface area contributed by atoms with Gasteiger partial charge in [0.25, 0.3) is 0 Å². The van der Waals surface area contributed by atoms with Crippen LogP contribution < -0.4 is 0 Å². The molecule has 0 aliphatic carbocycles. The zero-order valence-electron chi connectivity index (χ0n) is 5.88. The van der Waals surface area contributed by atoms with Crippen LogP contribution in [0, 0.1) is 0 Å². The van der Waals surface area contributed by atoms with E-state index in [1.807, 2.05) is 6.92 Å². The maximum atomic E-state index is 10.4. The van der Waals surface area contributed by atoms with Crippen LogP contribution in [0.5, 0.6) is 0 Å². The molecular weight excluding hydrogens is 161 g/mol. The van der Waals surface area contributed by atoms with Gasteiger partial charge in [0.2, 0.25) is 5.91 Å². The highest BCUT2D eigenvalue weighted by Crippen LogP contribution is 1.81. The van der Waals surface area contributed by atoms with Crippen LogP contribution in [0.15, 0.2) is 0 Å². The standard InChI is InChI=1S/C5H11NO.2ClH/c1-4-5(7)6(2)3;;/h4H2,1-3H3;2*1H. The quantitative estimate of drug-likeness (QED) is 0.587. The van der Waals surface area contributed by atoms with Gasteiger partial charge in [-0.1, -0.05) is 6.92 Å². The van der Waals surface area contributed by atoms with E-state index >= 15 is 0 Å². The lowest BCUT2D eigenvalue weighted by molar-refractivity contribution is -0.128. The third kappa shape index (κ3) is 8.05. The smallest absolute Gasteiger partial charge is 0.221 e. The molecule has 0 saturated heterocycles. The van der Waals surface area contributed by atoms with E-state index in [1.54, 1.807) is 19.0 Å². The fourth-order valence-electron chi connectivity index (χ4n) is 0.316. The van der Waals surface area contributed by atoms with E-state index in [0.717, 1.165) is 0 Å². The van der Waals surface area contributed by atoms with Gasteiger partial charge in [-0.3, -0.25) is 4.79 Å². The predicted octanol–water partition coefficient (Wildman–Crippen LogP) is 1.33. The van der Waals surface area contributed by atoms with E-state index in [1.165, 1.54) is 0 Å². The number of halogens is 2. The van der Waals surface area contributed by atoms with Crippen molar-refractivity contribution < 1.29 is 4.79 Å². The first-order chi connectivity index (χ1) is 3.18. The third-order valence-corrected chi connectivity index (χ3v) is 0.801. The number of carbonyl (C=O) groups is 1. The normalized spacial score (nSPS) is 6.56. The molecule has 0 aliphatic heterocycles. The second kappa shape index (κ2) is 8.05. The van der Waals surface area contributed by atoms with E-state index < -0.39 is 0 Å². The van der Waals surface area contributed by atoms with Gasteiger partial charge in [-0.25, -0.2) is 0 Å². The van der Waals surface area contributed by atoms with Crippen LogP contribution in [-0.2, 0) is 4.79 Å². The summed E-state index contributed by atoms with van der Waals surface area (Å²) in [6.07, 6.45) is 0.604. The van der Waals surface area contributed by atoms with Gasteiger partial charge in [-0.2, -0.15) is 0 Å². The van der Waals surface area contributed by atoms with Gasteiger partial charge in [-0.05, 0) is 0 Å². The first-order valence-corrected chi connectivity index (χ1v) is 2.38. The molecule has 0 unspecified atom stereocenters. The van der Waals surface area contributed by atoms with Crippen LogP contribution in [-0.4, -0.2) is 24.9 Å². The molecule has 0 atom stereocenters. The summed E-state index contributed by atoms with van der Waals surface area (Å²) in [5.41, 5.74) is 0. The van der Waals surface area contributed by atoms with Crippen molar-refractivity contribution in [1.29, 1.82) is 0 Å². The first kappa shape index (κ1) is 16.0. The predicted molar refractivity (Wildman–Crippen MR) is 43.5 cm³/mol. The monoisotopic (exact) mass is 173 g/mol. The molecule has 0 aromatic heterocycles. The molecule has 2 nitrogen and oxygen atoms in total. The summed E-state index contributed by atoms with van der Waals surface area (Å²) in [6.45, 7) is 1.85. The number of rotatable bonds is 1. The Hall–Kier alpha value is 0.0500. The van der Waals surface area contributed by atoms with Crippen LogP contribution in [0.1, 0.15) is 13.3 Å². The molecular formula is C5H13Cl2NO. The molecule has 0 aromatic rings. The molecule has 0 heterocycles. The molecule has 0 aliphatic rings. The summed E-state index contributed by atoms with van der Waals surface area (Å²) >= 11 is 0. The van der Waals surface area contributed by atoms with E-state index in [9.17, 15) is 4.79 Å². The van der Waals surface area contributed by atoms with Crippen molar-refractivity contribution >= 4 is 30.7 Å². The Balaban J connectivity index is -0.000000180. The minimum absolute atomic E-state index is 0. The second-order valence-electron chi connectivity index (χ2n) is 1.64. The maximum Gasteiger partial charge on any atom is 0.221 e. The fraction of sp³-hybridized carbons (Fsp3) is 0.800. The summed E-state index contributed by atoms with van der Waals surface area (Å²) in [7, 11) is 3.51. The molecule has 58 valence electrons. The molecule has 0 rings (SSSR count). The number of amides is 1. The van der Waals surface area contributed by atoms with Gasteiger partial charge >= 0.3 is 0 Å². The Kier molecular flexibility index (Phi) is 14.3. The summed E-state index contributed by atoms with van der Waals surface area (Å²) in [6, 6.07) is 0. The van der Waals surface area contributed by atoms with E-state index in [4.69, 9.17) is 0 Å². The van der Waals surface area contributed by atoms with E-state index in [-0.39, 0.29) is 30.7 Å². The highest BCUT2D eigenvalue weighted by atomic mass is 35.5. The van der Waals surface area contributed by atoms with Gasteiger partial charge in [-0.15, -0.1) is 24.8 Å².